The summed E-state index contributed by atoms with van der Waals surface area (Å²) in [5, 5.41) is 5.90. The normalized spacial score (nSPS) is 17.5. The van der Waals surface area contributed by atoms with E-state index in [1.165, 1.54) is 16.6 Å². The second-order valence-corrected chi connectivity index (χ2v) is 5.27. The van der Waals surface area contributed by atoms with Crippen molar-refractivity contribution < 1.29 is 4.79 Å². The summed E-state index contributed by atoms with van der Waals surface area (Å²) in [4.78, 5) is 11.3. The van der Waals surface area contributed by atoms with Crippen LogP contribution in [0.2, 0.25) is 0 Å². The van der Waals surface area contributed by atoms with Crippen LogP contribution in [0.25, 0.3) is 10.9 Å². The molecule has 1 aliphatic carbocycles. The van der Waals surface area contributed by atoms with Gasteiger partial charge in [-0.25, -0.2) is 0 Å². The first kappa shape index (κ1) is 11.5. The Labute approximate surface area is 107 Å². The van der Waals surface area contributed by atoms with Gasteiger partial charge in [-0.15, -0.1) is 0 Å². The molecular weight excluding hydrogens is 224 g/mol. The zero-order valence-corrected chi connectivity index (χ0v) is 10.7. The van der Waals surface area contributed by atoms with Crippen LogP contribution in [0.4, 0.5) is 0 Å². The lowest BCUT2D eigenvalue weighted by molar-refractivity contribution is -0.121. The molecule has 18 heavy (non-hydrogen) atoms. The Morgan fingerprint density at radius 2 is 2.00 bits per heavy atom. The van der Waals surface area contributed by atoms with Crippen molar-refractivity contribution in [3.05, 3.63) is 30.0 Å². The Kier molecular flexibility index (Phi) is 2.90. The maximum absolute atomic E-state index is 11.3. The van der Waals surface area contributed by atoms with Crippen LogP contribution in [-0.2, 0) is 18.3 Å². The number of hydrogen-bond acceptors (Lipinski definition) is 2. The number of aryl methyl sites for hydroxylation is 1. The molecule has 94 valence electrons. The largest absolute Gasteiger partial charge is 0.300 e. The van der Waals surface area contributed by atoms with E-state index in [2.05, 4.69) is 23.3 Å². The Morgan fingerprint density at radius 3 is 2.78 bits per heavy atom. The number of hydrogen-bond donors (Lipinski definition) is 0. The molecule has 3 heteroatoms. The summed E-state index contributed by atoms with van der Waals surface area (Å²) >= 11 is 0. The third kappa shape index (κ3) is 2.05. The first-order valence-corrected chi connectivity index (χ1v) is 6.66. The molecule has 0 radical (unpaired) electrons. The van der Waals surface area contributed by atoms with Crippen LogP contribution in [0.1, 0.15) is 31.4 Å². The average Bonchev–Trinajstić information content (AvgIpc) is 2.70. The highest BCUT2D eigenvalue weighted by Gasteiger charge is 2.21. The molecule has 0 unspecified atom stereocenters. The first-order chi connectivity index (χ1) is 8.74. The van der Waals surface area contributed by atoms with Gasteiger partial charge in [0.05, 0.1) is 11.2 Å². The summed E-state index contributed by atoms with van der Waals surface area (Å²) in [5.41, 5.74) is 2.38. The maximum atomic E-state index is 11.3. The Bertz CT molecular complexity index is 575. The highest BCUT2D eigenvalue weighted by Crippen LogP contribution is 2.27. The van der Waals surface area contributed by atoms with E-state index in [0.29, 0.717) is 11.7 Å². The van der Waals surface area contributed by atoms with Gasteiger partial charge >= 0.3 is 0 Å². The predicted molar refractivity (Wildman–Crippen MR) is 71.4 cm³/mol. The van der Waals surface area contributed by atoms with Crippen molar-refractivity contribution in [3.63, 3.8) is 0 Å². The van der Waals surface area contributed by atoms with E-state index in [1.54, 1.807) is 0 Å². The number of rotatable bonds is 2. The van der Waals surface area contributed by atoms with Crippen molar-refractivity contribution in [1.82, 2.24) is 9.78 Å². The number of carbonyl (C=O) groups excluding carboxylic acids is 1. The molecule has 2 aromatic rings. The molecule has 1 aliphatic rings. The fraction of sp³-hybridized carbons (Fsp3) is 0.467. The van der Waals surface area contributed by atoms with Gasteiger partial charge in [0.2, 0.25) is 0 Å². The number of ketones is 1. The van der Waals surface area contributed by atoms with Gasteiger partial charge in [0, 0.05) is 25.3 Å². The monoisotopic (exact) mass is 242 g/mol. The highest BCUT2D eigenvalue weighted by atomic mass is 16.1. The Morgan fingerprint density at radius 1 is 1.28 bits per heavy atom. The molecule has 1 aromatic carbocycles. The molecule has 3 nitrogen and oxygen atoms in total. The van der Waals surface area contributed by atoms with E-state index in [4.69, 9.17) is 0 Å². The van der Waals surface area contributed by atoms with Crippen LogP contribution in [0.15, 0.2) is 24.3 Å². The summed E-state index contributed by atoms with van der Waals surface area (Å²) in [6.07, 6.45) is 4.59. The Balaban J connectivity index is 1.84. The van der Waals surface area contributed by atoms with E-state index in [-0.39, 0.29) is 0 Å². The van der Waals surface area contributed by atoms with Crippen molar-refractivity contribution in [2.45, 2.75) is 32.1 Å². The number of para-hydroxylation sites is 1. The van der Waals surface area contributed by atoms with E-state index in [9.17, 15) is 4.79 Å². The van der Waals surface area contributed by atoms with Crippen molar-refractivity contribution in [3.8, 4) is 0 Å². The molecule has 0 aliphatic heterocycles. The van der Waals surface area contributed by atoms with Gasteiger partial charge in [-0.3, -0.25) is 9.48 Å². The number of aromatic nitrogens is 2. The third-order valence-corrected chi connectivity index (χ3v) is 3.98. The summed E-state index contributed by atoms with van der Waals surface area (Å²) in [7, 11) is 2.00. The van der Waals surface area contributed by atoms with Gasteiger partial charge < -0.3 is 0 Å². The Hall–Kier alpha value is -1.64. The van der Waals surface area contributed by atoms with Crippen LogP contribution in [0.5, 0.6) is 0 Å². The molecule has 0 saturated heterocycles. The first-order valence-electron chi connectivity index (χ1n) is 6.66. The van der Waals surface area contributed by atoms with Gasteiger partial charge in [-0.2, -0.15) is 5.10 Å². The predicted octanol–water partition coefficient (Wildman–Crippen LogP) is 2.88. The number of nitrogens with zero attached hydrogens (tertiary/aromatic N) is 2. The fourth-order valence-electron chi connectivity index (χ4n) is 2.92. The minimum absolute atomic E-state index is 0.428. The standard InChI is InChI=1S/C15H18N2O/c1-17-15-5-3-2-4-13(15)14(16-17)10-11-6-8-12(18)9-7-11/h2-5,11H,6-10H2,1H3. The lowest BCUT2D eigenvalue weighted by atomic mass is 9.85. The average molecular weight is 242 g/mol. The van der Waals surface area contributed by atoms with E-state index in [1.807, 2.05) is 17.8 Å². The second kappa shape index (κ2) is 4.56. The highest BCUT2D eigenvalue weighted by molar-refractivity contribution is 5.82. The summed E-state index contributed by atoms with van der Waals surface area (Å²) in [6.45, 7) is 0. The fourth-order valence-corrected chi connectivity index (χ4v) is 2.92. The number of Topliss-reactive ketones (excluding diaryl/α,β-unsaturated/α-hetero) is 1. The van der Waals surface area contributed by atoms with Gasteiger partial charge in [-0.1, -0.05) is 18.2 Å². The van der Waals surface area contributed by atoms with E-state index < -0.39 is 0 Å². The molecule has 1 aromatic heterocycles. The van der Waals surface area contributed by atoms with Crippen LogP contribution in [0, 0.1) is 5.92 Å². The van der Waals surface area contributed by atoms with Crippen LogP contribution < -0.4 is 0 Å². The van der Waals surface area contributed by atoms with Gasteiger partial charge in [0.1, 0.15) is 5.78 Å². The molecule has 0 N–H and O–H groups in total. The molecule has 1 fully saturated rings. The van der Waals surface area contributed by atoms with Crippen molar-refractivity contribution >= 4 is 16.7 Å². The zero-order valence-electron chi connectivity index (χ0n) is 10.7. The van der Waals surface area contributed by atoms with E-state index >= 15 is 0 Å². The number of benzene rings is 1. The van der Waals surface area contributed by atoms with Crippen LogP contribution in [-0.4, -0.2) is 15.6 Å². The molecule has 3 rings (SSSR count). The summed E-state index contributed by atoms with van der Waals surface area (Å²) in [5.74, 6) is 1.05. The molecule has 0 bridgehead atoms. The van der Waals surface area contributed by atoms with Crippen LogP contribution >= 0.6 is 0 Å². The molecular formula is C15H18N2O. The van der Waals surface area contributed by atoms with Crippen molar-refractivity contribution in [1.29, 1.82) is 0 Å². The number of carbonyl (C=O) groups is 1. The summed E-state index contributed by atoms with van der Waals surface area (Å²) in [6, 6.07) is 8.37. The zero-order chi connectivity index (χ0) is 12.5. The lowest BCUT2D eigenvalue weighted by Crippen LogP contribution is -2.16. The van der Waals surface area contributed by atoms with Crippen LogP contribution in [0.3, 0.4) is 0 Å². The van der Waals surface area contributed by atoms with Crippen molar-refractivity contribution in [2.75, 3.05) is 0 Å². The molecule has 0 amide bonds. The van der Waals surface area contributed by atoms with Crippen molar-refractivity contribution in [2.24, 2.45) is 13.0 Å². The molecule has 0 atom stereocenters. The number of fused-ring (bicyclic) bond motifs is 1. The van der Waals surface area contributed by atoms with E-state index in [0.717, 1.165) is 32.1 Å². The second-order valence-electron chi connectivity index (χ2n) is 5.27. The third-order valence-electron chi connectivity index (χ3n) is 3.98. The maximum Gasteiger partial charge on any atom is 0.132 e. The lowest BCUT2D eigenvalue weighted by Gasteiger charge is -2.19. The topological polar surface area (TPSA) is 34.9 Å². The van der Waals surface area contributed by atoms with Gasteiger partial charge in [0.25, 0.3) is 0 Å². The SMILES string of the molecule is Cn1nc(CC2CCC(=O)CC2)c2ccccc21. The molecule has 0 spiro atoms. The van der Waals surface area contributed by atoms with Gasteiger partial charge in [-0.05, 0) is 31.2 Å². The minimum Gasteiger partial charge on any atom is -0.300 e. The molecule has 1 heterocycles. The smallest absolute Gasteiger partial charge is 0.132 e. The molecule has 1 saturated carbocycles. The summed E-state index contributed by atoms with van der Waals surface area (Å²) < 4.78 is 1.96. The van der Waals surface area contributed by atoms with Gasteiger partial charge in [0.15, 0.2) is 0 Å². The quantitative estimate of drug-likeness (QED) is 0.811. The minimum atomic E-state index is 0.428.